The molecule has 1 aromatic heterocycles. The maximum atomic E-state index is 12.2. The van der Waals surface area contributed by atoms with Gasteiger partial charge in [0.15, 0.2) is 0 Å². The van der Waals surface area contributed by atoms with Crippen LogP contribution in [-0.2, 0) is 11.2 Å². The van der Waals surface area contributed by atoms with E-state index in [4.69, 9.17) is 0 Å². The molecule has 118 valence electrons. The molecule has 1 amide bonds. The lowest BCUT2D eigenvalue weighted by atomic mass is 9.94. The highest BCUT2D eigenvalue weighted by Crippen LogP contribution is 2.41. The molecule has 2 aromatic rings. The molecule has 3 rings (SSSR count). The van der Waals surface area contributed by atoms with Gasteiger partial charge in [0, 0.05) is 36.5 Å². The van der Waals surface area contributed by atoms with Gasteiger partial charge in [0.2, 0.25) is 5.91 Å². The van der Waals surface area contributed by atoms with Crippen LogP contribution in [0.5, 0.6) is 0 Å². The highest BCUT2D eigenvalue weighted by Gasteiger charge is 2.33. The summed E-state index contributed by atoms with van der Waals surface area (Å²) in [4.78, 5) is 29.0. The van der Waals surface area contributed by atoms with Gasteiger partial charge in [-0.3, -0.25) is 19.9 Å². The smallest absolute Gasteiger partial charge is 0.293 e. The Kier molecular flexibility index (Phi) is 3.82. The van der Waals surface area contributed by atoms with Crippen LogP contribution in [0.1, 0.15) is 25.8 Å². The maximum absolute atomic E-state index is 12.2. The van der Waals surface area contributed by atoms with Crippen LogP contribution in [0.3, 0.4) is 0 Å². The van der Waals surface area contributed by atoms with Crippen molar-refractivity contribution >= 4 is 17.3 Å². The number of fused-ring (bicyclic) bond motifs is 1. The van der Waals surface area contributed by atoms with Crippen molar-refractivity contribution in [1.29, 1.82) is 0 Å². The summed E-state index contributed by atoms with van der Waals surface area (Å²) in [6, 6.07) is 7.01. The molecule has 6 heteroatoms. The van der Waals surface area contributed by atoms with Crippen LogP contribution in [0.25, 0.3) is 11.1 Å². The molecule has 0 radical (unpaired) electrons. The van der Waals surface area contributed by atoms with E-state index >= 15 is 0 Å². The number of nitrogens with zero attached hydrogens (tertiary/aromatic N) is 3. The van der Waals surface area contributed by atoms with Crippen molar-refractivity contribution in [2.75, 3.05) is 4.90 Å². The number of hydrogen-bond donors (Lipinski definition) is 0. The van der Waals surface area contributed by atoms with Gasteiger partial charge in [-0.15, -0.1) is 0 Å². The molecule has 0 bridgehead atoms. The lowest BCUT2D eigenvalue weighted by molar-refractivity contribution is -0.384. The number of nitro benzene ring substituents is 1. The molecular formula is C17H17N3O3. The van der Waals surface area contributed by atoms with Gasteiger partial charge in [-0.25, -0.2) is 0 Å². The van der Waals surface area contributed by atoms with Crippen molar-refractivity contribution < 1.29 is 9.72 Å². The minimum atomic E-state index is -0.410. The minimum absolute atomic E-state index is 0.0249. The summed E-state index contributed by atoms with van der Waals surface area (Å²) in [5, 5.41) is 11.6. The molecule has 0 unspecified atom stereocenters. The predicted octanol–water partition coefficient (Wildman–Crippen LogP) is 3.34. The lowest BCUT2D eigenvalue weighted by Gasteiger charge is -2.32. The number of anilines is 1. The summed E-state index contributed by atoms with van der Waals surface area (Å²) in [6.45, 7) is 3.73. The van der Waals surface area contributed by atoms with Gasteiger partial charge in [0.25, 0.3) is 5.69 Å². The molecule has 0 spiro atoms. The van der Waals surface area contributed by atoms with E-state index in [2.05, 4.69) is 4.98 Å². The first kappa shape index (κ1) is 15.1. The van der Waals surface area contributed by atoms with Gasteiger partial charge in [0.1, 0.15) is 5.69 Å². The number of nitro groups is 1. The Morgan fingerprint density at radius 2 is 2.04 bits per heavy atom. The van der Waals surface area contributed by atoms with Crippen LogP contribution in [0.4, 0.5) is 11.4 Å². The monoisotopic (exact) mass is 311 g/mol. The summed E-state index contributed by atoms with van der Waals surface area (Å²) in [5.41, 5.74) is 2.83. The van der Waals surface area contributed by atoms with Crippen molar-refractivity contribution in [2.45, 2.75) is 32.7 Å². The number of amides is 1. The van der Waals surface area contributed by atoms with Gasteiger partial charge in [-0.2, -0.15) is 0 Å². The second-order valence-electron chi connectivity index (χ2n) is 5.86. The maximum Gasteiger partial charge on any atom is 0.293 e. The number of pyridine rings is 1. The molecule has 0 N–H and O–H groups in total. The van der Waals surface area contributed by atoms with Gasteiger partial charge in [-0.05, 0) is 43.5 Å². The Morgan fingerprint density at radius 1 is 1.26 bits per heavy atom. The summed E-state index contributed by atoms with van der Waals surface area (Å²) < 4.78 is 0. The third-order valence-corrected chi connectivity index (χ3v) is 3.99. The number of carbonyl (C=O) groups excluding carboxylic acids is 1. The standard InChI is InChI=1S/C17H17N3O3/c1-11(2)19-16(21)6-5-12-8-14(13-4-3-7-18-10-13)9-15(17(12)19)20(22)23/h3-4,7-11H,5-6H2,1-2H3. The number of hydrogen-bond acceptors (Lipinski definition) is 4. The van der Waals surface area contributed by atoms with E-state index in [1.54, 1.807) is 23.4 Å². The zero-order chi connectivity index (χ0) is 16.6. The molecule has 0 atom stereocenters. The van der Waals surface area contributed by atoms with Crippen LogP contribution < -0.4 is 4.90 Å². The summed E-state index contributed by atoms with van der Waals surface area (Å²) in [7, 11) is 0. The first-order valence-corrected chi connectivity index (χ1v) is 7.53. The first-order chi connectivity index (χ1) is 11.0. The molecule has 1 aliphatic heterocycles. The van der Waals surface area contributed by atoms with Crippen LogP contribution in [0, 0.1) is 10.1 Å². The average Bonchev–Trinajstić information content (AvgIpc) is 2.54. The van der Waals surface area contributed by atoms with Crippen molar-refractivity contribution in [1.82, 2.24) is 4.98 Å². The Hall–Kier alpha value is -2.76. The van der Waals surface area contributed by atoms with Gasteiger partial charge >= 0.3 is 0 Å². The number of aryl methyl sites for hydroxylation is 1. The molecule has 6 nitrogen and oxygen atoms in total. The van der Waals surface area contributed by atoms with Crippen molar-refractivity contribution in [3.8, 4) is 11.1 Å². The molecule has 2 heterocycles. The molecule has 23 heavy (non-hydrogen) atoms. The van der Waals surface area contributed by atoms with Crippen LogP contribution in [-0.4, -0.2) is 21.9 Å². The van der Waals surface area contributed by atoms with E-state index in [0.717, 1.165) is 16.7 Å². The minimum Gasteiger partial charge on any atom is -0.304 e. The molecule has 0 fully saturated rings. The number of benzene rings is 1. The normalized spacial score (nSPS) is 14.0. The van der Waals surface area contributed by atoms with Crippen molar-refractivity contribution in [3.63, 3.8) is 0 Å². The molecule has 1 aromatic carbocycles. The van der Waals surface area contributed by atoms with E-state index in [-0.39, 0.29) is 17.6 Å². The van der Waals surface area contributed by atoms with Gasteiger partial charge in [-0.1, -0.05) is 6.07 Å². The van der Waals surface area contributed by atoms with Crippen LogP contribution in [0.15, 0.2) is 36.7 Å². The SMILES string of the molecule is CC(C)N1C(=O)CCc2cc(-c3cccnc3)cc([N+](=O)[O-])c21. The molecule has 0 aliphatic carbocycles. The molecule has 0 saturated heterocycles. The zero-order valence-corrected chi connectivity index (χ0v) is 13.0. The highest BCUT2D eigenvalue weighted by molar-refractivity contribution is 6.00. The van der Waals surface area contributed by atoms with Crippen LogP contribution in [0.2, 0.25) is 0 Å². The van der Waals surface area contributed by atoms with Gasteiger partial charge in [0.05, 0.1) is 4.92 Å². The average molecular weight is 311 g/mol. The second kappa shape index (κ2) is 5.79. The van der Waals surface area contributed by atoms with E-state index in [1.807, 2.05) is 26.0 Å². The van der Waals surface area contributed by atoms with E-state index < -0.39 is 4.92 Å². The van der Waals surface area contributed by atoms with Crippen molar-refractivity contribution in [3.05, 3.63) is 52.3 Å². The third-order valence-electron chi connectivity index (χ3n) is 3.99. The highest BCUT2D eigenvalue weighted by atomic mass is 16.6. The Labute approximate surface area is 133 Å². The Balaban J connectivity index is 2.23. The van der Waals surface area contributed by atoms with E-state index in [0.29, 0.717) is 18.5 Å². The quantitative estimate of drug-likeness (QED) is 0.643. The fraction of sp³-hybridized carbons (Fsp3) is 0.294. The Bertz CT molecular complexity index is 772. The van der Waals surface area contributed by atoms with E-state index in [9.17, 15) is 14.9 Å². The lowest BCUT2D eigenvalue weighted by Crippen LogP contribution is -2.40. The largest absolute Gasteiger partial charge is 0.304 e. The predicted molar refractivity (Wildman–Crippen MR) is 87.3 cm³/mol. The van der Waals surface area contributed by atoms with Gasteiger partial charge < -0.3 is 4.90 Å². The molecule has 1 aliphatic rings. The summed E-state index contributed by atoms with van der Waals surface area (Å²) in [5.74, 6) is -0.0651. The zero-order valence-electron chi connectivity index (χ0n) is 13.0. The fourth-order valence-electron chi connectivity index (χ4n) is 3.02. The summed E-state index contributed by atoms with van der Waals surface area (Å²) >= 11 is 0. The fourth-order valence-corrected chi connectivity index (χ4v) is 3.02. The first-order valence-electron chi connectivity index (χ1n) is 7.53. The summed E-state index contributed by atoms with van der Waals surface area (Å²) in [6.07, 6.45) is 4.24. The molecule has 0 saturated carbocycles. The topological polar surface area (TPSA) is 76.3 Å². The second-order valence-corrected chi connectivity index (χ2v) is 5.86. The number of rotatable bonds is 3. The van der Waals surface area contributed by atoms with Crippen LogP contribution >= 0.6 is 0 Å². The number of aromatic nitrogens is 1. The molecular weight excluding hydrogens is 294 g/mol. The van der Waals surface area contributed by atoms with Crippen molar-refractivity contribution in [2.24, 2.45) is 0 Å². The Morgan fingerprint density at radius 3 is 2.65 bits per heavy atom. The number of carbonyl (C=O) groups is 1. The van der Waals surface area contributed by atoms with E-state index in [1.165, 1.54) is 6.07 Å². The third kappa shape index (κ3) is 2.67.